The predicted octanol–water partition coefficient (Wildman–Crippen LogP) is 0.182. The van der Waals surface area contributed by atoms with E-state index in [1.807, 2.05) is 0 Å². The highest BCUT2D eigenvalue weighted by atomic mass is 32.2. The number of H-pyrrole nitrogens is 1. The first-order chi connectivity index (χ1) is 7.60. The highest BCUT2D eigenvalue weighted by Crippen LogP contribution is 2.16. The Morgan fingerprint density at radius 2 is 2.19 bits per heavy atom. The molecule has 1 N–H and O–H groups in total. The van der Waals surface area contributed by atoms with Crippen LogP contribution in [0.15, 0.2) is 12.4 Å². The number of rotatable bonds is 4. The van der Waals surface area contributed by atoms with Gasteiger partial charge in [0.2, 0.25) is 0 Å². The van der Waals surface area contributed by atoms with E-state index in [1.165, 1.54) is 8.61 Å². The molecule has 0 aliphatic carbocycles. The van der Waals surface area contributed by atoms with Crippen molar-refractivity contribution in [1.29, 1.82) is 0 Å². The maximum Gasteiger partial charge on any atom is 0.282 e. The molecule has 90 valence electrons. The second kappa shape index (κ2) is 4.52. The summed E-state index contributed by atoms with van der Waals surface area (Å²) in [7, 11) is -1.69. The van der Waals surface area contributed by atoms with E-state index in [1.54, 1.807) is 19.4 Å². The van der Waals surface area contributed by atoms with Gasteiger partial charge in [0, 0.05) is 38.4 Å². The van der Waals surface area contributed by atoms with Crippen LogP contribution in [0.2, 0.25) is 0 Å². The molecule has 0 radical (unpaired) electrons. The maximum absolute atomic E-state index is 12.1. The Balaban J connectivity index is 2.05. The first-order valence-corrected chi connectivity index (χ1v) is 6.69. The van der Waals surface area contributed by atoms with Gasteiger partial charge in [0.25, 0.3) is 10.2 Å². The Labute approximate surface area is 95.4 Å². The van der Waals surface area contributed by atoms with E-state index in [-0.39, 0.29) is 0 Å². The van der Waals surface area contributed by atoms with Crippen LogP contribution in [0.3, 0.4) is 0 Å². The lowest BCUT2D eigenvalue weighted by atomic mass is 10.4. The zero-order chi connectivity index (χ0) is 11.6. The van der Waals surface area contributed by atoms with Gasteiger partial charge in [-0.15, -0.1) is 0 Å². The number of aromatic nitrogens is 2. The molecule has 1 aliphatic rings. The van der Waals surface area contributed by atoms with Gasteiger partial charge in [-0.05, 0) is 12.8 Å². The Kier molecular flexibility index (Phi) is 3.27. The second-order valence-corrected chi connectivity index (χ2v) is 6.01. The second-order valence-electron chi connectivity index (χ2n) is 3.98. The number of aromatic amines is 1. The van der Waals surface area contributed by atoms with Gasteiger partial charge in [-0.1, -0.05) is 0 Å². The molecule has 6 nitrogen and oxygen atoms in total. The van der Waals surface area contributed by atoms with E-state index >= 15 is 0 Å². The highest BCUT2D eigenvalue weighted by molar-refractivity contribution is 7.86. The minimum absolute atomic E-state index is 0.356. The molecule has 0 unspecified atom stereocenters. The zero-order valence-electron chi connectivity index (χ0n) is 9.26. The molecule has 2 heterocycles. The van der Waals surface area contributed by atoms with Crippen LogP contribution in [0.25, 0.3) is 0 Å². The van der Waals surface area contributed by atoms with Gasteiger partial charge in [-0.25, -0.2) is 0 Å². The molecule has 2 rings (SSSR count). The quantitative estimate of drug-likeness (QED) is 0.821. The molecule has 0 amide bonds. The summed E-state index contributed by atoms with van der Waals surface area (Å²) in [4.78, 5) is 0. The first kappa shape index (κ1) is 11.6. The molecule has 1 aliphatic heterocycles. The van der Waals surface area contributed by atoms with Crippen molar-refractivity contribution < 1.29 is 8.42 Å². The summed E-state index contributed by atoms with van der Waals surface area (Å²) < 4.78 is 27.1. The predicted molar refractivity (Wildman–Crippen MR) is 59.8 cm³/mol. The molecule has 1 fully saturated rings. The van der Waals surface area contributed by atoms with Crippen molar-refractivity contribution in [2.75, 3.05) is 20.1 Å². The van der Waals surface area contributed by atoms with E-state index in [2.05, 4.69) is 10.2 Å². The molecule has 0 bridgehead atoms. The number of nitrogens with zero attached hydrogens (tertiary/aromatic N) is 3. The Bertz CT molecular complexity index is 422. The van der Waals surface area contributed by atoms with Crippen molar-refractivity contribution in [2.45, 2.75) is 19.4 Å². The lowest BCUT2D eigenvalue weighted by molar-refractivity contribution is 0.392. The number of hydrogen-bond acceptors (Lipinski definition) is 3. The van der Waals surface area contributed by atoms with Gasteiger partial charge in [-0.3, -0.25) is 5.10 Å². The fourth-order valence-corrected chi connectivity index (χ4v) is 3.24. The summed E-state index contributed by atoms with van der Waals surface area (Å²) in [5, 5.41) is 6.47. The number of hydrogen-bond donors (Lipinski definition) is 1. The molecule has 0 spiro atoms. The molecule has 7 heteroatoms. The Morgan fingerprint density at radius 1 is 1.50 bits per heavy atom. The molecule has 0 aromatic carbocycles. The fourth-order valence-electron chi connectivity index (χ4n) is 1.82. The van der Waals surface area contributed by atoms with E-state index in [0.29, 0.717) is 19.6 Å². The lowest BCUT2D eigenvalue weighted by Gasteiger charge is -2.23. The summed E-state index contributed by atoms with van der Waals surface area (Å²) in [5.74, 6) is 0. The van der Waals surface area contributed by atoms with Crippen molar-refractivity contribution in [1.82, 2.24) is 18.8 Å². The van der Waals surface area contributed by atoms with Crippen LogP contribution >= 0.6 is 0 Å². The topological polar surface area (TPSA) is 69.3 Å². The van der Waals surface area contributed by atoms with E-state index < -0.39 is 10.2 Å². The van der Waals surface area contributed by atoms with Crippen LogP contribution < -0.4 is 0 Å². The Hall–Kier alpha value is -0.920. The average Bonchev–Trinajstić information content (AvgIpc) is 2.89. The van der Waals surface area contributed by atoms with Gasteiger partial charge in [0.05, 0.1) is 6.20 Å². The van der Waals surface area contributed by atoms with Crippen LogP contribution in [0, 0.1) is 0 Å². The van der Waals surface area contributed by atoms with Crippen LogP contribution in [-0.4, -0.2) is 47.4 Å². The average molecular weight is 244 g/mol. The van der Waals surface area contributed by atoms with Crippen LogP contribution in [0.5, 0.6) is 0 Å². The molecule has 0 saturated carbocycles. The zero-order valence-corrected chi connectivity index (χ0v) is 10.1. The summed E-state index contributed by atoms with van der Waals surface area (Å²) in [6, 6.07) is 0. The molecular formula is C9H16N4O2S. The Morgan fingerprint density at radius 3 is 2.75 bits per heavy atom. The third kappa shape index (κ3) is 2.26. The molecule has 1 aromatic heterocycles. The van der Waals surface area contributed by atoms with E-state index in [9.17, 15) is 8.42 Å². The van der Waals surface area contributed by atoms with Crippen molar-refractivity contribution in [3.8, 4) is 0 Å². The van der Waals surface area contributed by atoms with Gasteiger partial charge in [-0.2, -0.15) is 22.1 Å². The summed E-state index contributed by atoms with van der Waals surface area (Å²) in [6.45, 7) is 1.63. The molecule has 16 heavy (non-hydrogen) atoms. The lowest BCUT2D eigenvalue weighted by Crippen LogP contribution is -2.39. The number of nitrogens with one attached hydrogen (secondary N) is 1. The standard InChI is InChI=1S/C9H16N4O2S/c1-12(8-9-6-10-11-7-9)16(14,15)13-4-2-3-5-13/h6-7H,2-5,8H2,1H3,(H,10,11). The third-order valence-corrected chi connectivity index (χ3v) is 4.68. The smallest absolute Gasteiger partial charge is 0.282 e. The van der Waals surface area contributed by atoms with Crippen LogP contribution in [0.4, 0.5) is 0 Å². The first-order valence-electron chi connectivity index (χ1n) is 5.30. The van der Waals surface area contributed by atoms with Crippen molar-refractivity contribution in [2.24, 2.45) is 0 Å². The van der Waals surface area contributed by atoms with Crippen LogP contribution in [0.1, 0.15) is 18.4 Å². The largest absolute Gasteiger partial charge is 0.285 e. The SMILES string of the molecule is CN(Cc1cn[nH]c1)S(=O)(=O)N1CCCC1. The third-order valence-electron chi connectivity index (χ3n) is 2.75. The monoisotopic (exact) mass is 244 g/mol. The van der Waals surface area contributed by atoms with Gasteiger partial charge in [0.15, 0.2) is 0 Å². The summed E-state index contributed by atoms with van der Waals surface area (Å²) in [5.41, 5.74) is 0.866. The van der Waals surface area contributed by atoms with Gasteiger partial charge in [0.1, 0.15) is 0 Å². The van der Waals surface area contributed by atoms with Gasteiger partial charge < -0.3 is 0 Å². The van der Waals surface area contributed by atoms with Crippen molar-refractivity contribution in [3.05, 3.63) is 18.0 Å². The highest BCUT2D eigenvalue weighted by Gasteiger charge is 2.29. The minimum atomic E-state index is -3.29. The molecule has 1 saturated heterocycles. The molecule has 1 aromatic rings. The van der Waals surface area contributed by atoms with E-state index in [0.717, 1.165) is 18.4 Å². The normalized spacial score (nSPS) is 18.4. The molecule has 0 atom stereocenters. The maximum atomic E-state index is 12.1. The van der Waals surface area contributed by atoms with Crippen molar-refractivity contribution >= 4 is 10.2 Å². The van der Waals surface area contributed by atoms with Crippen molar-refractivity contribution in [3.63, 3.8) is 0 Å². The fraction of sp³-hybridized carbons (Fsp3) is 0.667. The minimum Gasteiger partial charge on any atom is -0.285 e. The summed E-state index contributed by atoms with van der Waals surface area (Å²) in [6.07, 6.45) is 5.25. The van der Waals surface area contributed by atoms with Crippen LogP contribution in [-0.2, 0) is 16.8 Å². The van der Waals surface area contributed by atoms with Gasteiger partial charge >= 0.3 is 0 Å². The molecular weight excluding hydrogens is 228 g/mol. The summed E-state index contributed by atoms with van der Waals surface area (Å²) >= 11 is 0. The van der Waals surface area contributed by atoms with E-state index in [4.69, 9.17) is 0 Å².